The van der Waals surface area contributed by atoms with Crippen molar-refractivity contribution < 1.29 is 18.7 Å². The maximum atomic E-state index is 11.1. The smallest absolute Gasteiger partial charge is 0.222 e. The summed E-state index contributed by atoms with van der Waals surface area (Å²) in [6, 6.07) is 28.9. The van der Waals surface area contributed by atoms with Gasteiger partial charge in [-0.1, -0.05) is 54.6 Å². The molecular formula is C33H27N5O4. The average molecular weight is 558 g/mol. The van der Waals surface area contributed by atoms with Gasteiger partial charge in [0.1, 0.15) is 18.1 Å². The Morgan fingerprint density at radius 3 is 2.33 bits per heavy atom. The summed E-state index contributed by atoms with van der Waals surface area (Å²) >= 11 is 0. The third-order valence-corrected chi connectivity index (χ3v) is 6.77. The summed E-state index contributed by atoms with van der Waals surface area (Å²) in [5.74, 6) is 1.34. The van der Waals surface area contributed by atoms with Gasteiger partial charge in [-0.25, -0.2) is 9.97 Å². The molecule has 208 valence electrons. The van der Waals surface area contributed by atoms with E-state index in [-0.39, 0.29) is 6.61 Å². The number of furan rings is 1. The van der Waals surface area contributed by atoms with Crippen molar-refractivity contribution in [2.75, 3.05) is 10.6 Å². The van der Waals surface area contributed by atoms with Gasteiger partial charge in [0.2, 0.25) is 18.7 Å². The highest BCUT2D eigenvalue weighted by molar-refractivity contribution is 5.75. The molecule has 3 aromatic carbocycles. The molecule has 0 aliphatic heterocycles. The second-order valence-corrected chi connectivity index (χ2v) is 9.64. The van der Waals surface area contributed by atoms with Crippen LogP contribution in [-0.4, -0.2) is 27.2 Å². The first-order valence-electron chi connectivity index (χ1n) is 13.4. The molecule has 0 spiro atoms. The van der Waals surface area contributed by atoms with Gasteiger partial charge in [0.25, 0.3) is 0 Å². The highest BCUT2D eigenvalue weighted by Crippen LogP contribution is 2.30. The summed E-state index contributed by atoms with van der Waals surface area (Å²) < 4.78 is 14.1. The van der Waals surface area contributed by atoms with Gasteiger partial charge in [0.15, 0.2) is 5.65 Å². The van der Waals surface area contributed by atoms with Gasteiger partial charge in [-0.2, -0.15) is 0 Å². The molecule has 2 N–H and O–H groups in total. The monoisotopic (exact) mass is 557 g/mol. The molecule has 0 unspecified atom stereocenters. The maximum Gasteiger partial charge on any atom is 0.222 e. The lowest BCUT2D eigenvalue weighted by atomic mass is 10.1. The summed E-state index contributed by atoms with van der Waals surface area (Å²) in [5.41, 5.74) is 7.13. The number of anilines is 2. The molecule has 0 bridgehead atoms. The minimum absolute atomic E-state index is 0.282. The van der Waals surface area contributed by atoms with Crippen LogP contribution in [0.3, 0.4) is 0 Å². The number of ether oxygens (including phenoxy) is 1. The Labute approximate surface area is 241 Å². The van der Waals surface area contributed by atoms with Crippen molar-refractivity contribution in [1.82, 2.24) is 14.4 Å². The molecule has 0 saturated carbocycles. The van der Waals surface area contributed by atoms with E-state index in [1.807, 2.05) is 89.5 Å². The maximum absolute atomic E-state index is 11.1. The number of benzene rings is 3. The number of amides is 2. The molecule has 9 nitrogen and oxygen atoms in total. The van der Waals surface area contributed by atoms with Crippen molar-refractivity contribution in [3.8, 4) is 17.1 Å². The van der Waals surface area contributed by atoms with E-state index >= 15 is 0 Å². The third-order valence-electron chi connectivity index (χ3n) is 6.77. The van der Waals surface area contributed by atoms with E-state index in [4.69, 9.17) is 19.1 Å². The minimum Gasteiger partial charge on any atom is -0.472 e. The molecule has 0 aliphatic carbocycles. The number of hydrogen-bond donors (Lipinski definition) is 2. The first-order chi connectivity index (χ1) is 20.7. The molecule has 2 amide bonds. The van der Waals surface area contributed by atoms with Crippen LogP contribution in [-0.2, 0) is 29.0 Å². The van der Waals surface area contributed by atoms with Crippen LogP contribution in [0.1, 0.15) is 28.3 Å². The van der Waals surface area contributed by atoms with E-state index in [2.05, 4.69) is 22.8 Å². The number of hydrogen-bond acceptors (Lipinski definition) is 6. The van der Waals surface area contributed by atoms with Gasteiger partial charge >= 0.3 is 0 Å². The molecule has 0 aliphatic rings. The van der Waals surface area contributed by atoms with Crippen LogP contribution in [0.15, 0.2) is 108 Å². The zero-order valence-electron chi connectivity index (χ0n) is 22.6. The minimum atomic E-state index is 0.282. The van der Waals surface area contributed by atoms with Crippen molar-refractivity contribution in [2.45, 2.75) is 19.4 Å². The van der Waals surface area contributed by atoms with E-state index in [1.54, 1.807) is 6.26 Å². The quantitative estimate of drug-likeness (QED) is 0.182. The Morgan fingerprint density at radius 1 is 0.762 bits per heavy atom. The lowest BCUT2D eigenvalue weighted by Gasteiger charge is -2.12. The fourth-order valence-corrected chi connectivity index (χ4v) is 4.78. The number of imidazole rings is 1. The largest absolute Gasteiger partial charge is 0.472 e. The van der Waals surface area contributed by atoms with Gasteiger partial charge in [-0.15, -0.1) is 0 Å². The lowest BCUT2D eigenvalue weighted by Crippen LogP contribution is -2.04. The third kappa shape index (κ3) is 5.90. The summed E-state index contributed by atoms with van der Waals surface area (Å²) in [4.78, 5) is 31.9. The van der Waals surface area contributed by atoms with E-state index in [0.717, 1.165) is 28.1 Å². The van der Waals surface area contributed by atoms with Crippen molar-refractivity contribution >= 4 is 29.8 Å². The van der Waals surface area contributed by atoms with Crippen LogP contribution in [0.25, 0.3) is 16.9 Å². The molecule has 0 atom stereocenters. The Morgan fingerprint density at radius 2 is 1.57 bits per heavy atom. The number of carbonyl (C=O) groups excluding carboxylic acids is 2. The molecular weight excluding hydrogens is 530 g/mol. The summed E-state index contributed by atoms with van der Waals surface area (Å²) in [6.45, 7) is 0.282. The molecule has 3 aromatic heterocycles. The number of fused-ring (bicyclic) bond motifs is 1. The van der Waals surface area contributed by atoms with E-state index < -0.39 is 0 Å². The molecule has 0 saturated heterocycles. The Bertz CT molecular complexity index is 1810. The SMILES string of the molecule is O=CNc1ccc(COc2c(Cc3ccco3)nc3c(Cc4ccccc4)nc(-c4cccc(NC=O)c4)cn23)cc1. The number of carbonyl (C=O) groups is 2. The summed E-state index contributed by atoms with van der Waals surface area (Å²) in [6.07, 6.45) is 5.85. The second-order valence-electron chi connectivity index (χ2n) is 9.64. The van der Waals surface area contributed by atoms with Crippen LogP contribution in [0, 0.1) is 0 Å². The standard InChI is InChI=1S/C33H27N5O4/c39-21-34-26-13-11-24(12-14-26)20-42-33-30(18-28-10-5-15-41-28)37-32-29(16-23-6-2-1-3-7-23)36-31(19-38(32)33)25-8-4-9-27(17-25)35-22-40/h1-15,17,19,21-22H,16,18,20H2,(H,34,39)(H,35,40). The predicted molar refractivity (Wildman–Crippen MR) is 159 cm³/mol. The van der Waals surface area contributed by atoms with Gasteiger partial charge < -0.3 is 19.8 Å². The fourth-order valence-electron chi connectivity index (χ4n) is 4.78. The van der Waals surface area contributed by atoms with Crippen LogP contribution < -0.4 is 15.4 Å². The Kier molecular flexibility index (Phi) is 7.71. The fraction of sp³-hybridized carbons (Fsp3) is 0.0909. The van der Waals surface area contributed by atoms with Crippen molar-refractivity contribution in [3.05, 3.63) is 132 Å². The molecule has 3 heterocycles. The lowest BCUT2D eigenvalue weighted by molar-refractivity contribution is -0.106. The number of rotatable bonds is 12. The van der Waals surface area contributed by atoms with Gasteiger partial charge in [0, 0.05) is 29.6 Å². The summed E-state index contributed by atoms with van der Waals surface area (Å²) in [7, 11) is 0. The van der Waals surface area contributed by atoms with Crippen LogP contribution in [0.2, 0.25) is 0 Å². The van der Waals surface area contributed by atoms with E-state index in [0.29, 0.717) is 60.0 Å². The van der Waals surface area contributed by atoms with Crippen LogP contribution in [0.4, 0.5) is 11.4 Å². The highest BCUT2D eigenvalue weighted by Gasteiger charge is 2.21. The highest BCUT2D eigenvalue weighted by atomic mass is 16.5. The first-order valence-corrected chi connectivity index (χ1v) is 13.4. The zero-order chi connectivity index (χ0) is 28.7. The van der Waals surface area contributed by atoms with Crippen molar-refractivity contribution in [1.29, 1.82) is 0 Å². The predicted octanol–water partition coefficient (Wildman–Crippen LogP) is 5.89. The summed E-state index contributed by atoms with van der Waals surface area (Å²) in [5, 5.41) is 5.36. The number of nitrogens with zero attached hydrogens (tertiary/aromatic N) is 3. The van der Waals surface area contributed by atoms with Gasteiger partial charge in [0.05, 0.1) is 24.1 Å². The van der Waals surface area contributed by atoms with Crippen molar-refractivity contribution in [2.24, 2.45) is 0 Å². The Balaban J connectivity index is 1.47. The average Bonchev–Trinajstić information content (AvgIpc) is 3.66. The number of nitrogens with one attached hydrogen (secondary N) is 2. The van der Waals surface area contributed by atoms with Gasteiger partial charge in [-0.05, 0) is 47.5 Å². The molecule has 42 heavy (non-hydrogen) atoms. The first kappa shape index (κ1) is 26.5. The molecule has 0 radical (unpaired) electrons. The van der Waals surface area contributed by atoms with Crippen LogP contribution in [0.5, 0.6) is 5.88 Å². The molecule has 0 fully saturated rings. The molecule has 6 aromatic rings. The Hall–Kier alpha value is -5.70. The number of aromatic nitrogens is 3. The van der Waals surface area contributed by atoms with Crippen molar-refractivity contribution in [3.63, 3.8) is 0 Å². The second kappa shape index (κ2) is 12.2. The van der Waals surface area contributed by atoms with E-state index in [1.165, 1.54) is 0 Å². The molecule has 9 heteroatoms. The topological polar surface area (TPSA) is 111 Å². The van der Waals surface area contributed by atoms with Crippen LogP contribution >= 0.6 is 0 Å². The van der Waals surface area contributed by atoms with Gasteiger partial charge in [-0.3, -0.25) is 14.0 Å². The molecule has 6 rings (SSSR count). The van der Waals surface area contributed by atoms with E-state index in [9.17, 15) is 9.59 Å². The zero-order valence-corrected chi connectivity index (χ0v) is 22.6. The normalized spacial score (nSPS) is 10.9.